The Morgan fingerprint density at radius 3 is 2.28 bits per heavy atom. The van der Waals surface area contributed by atoms with Crippen LogP contribution >= 0.6 is 0 Å². The Hall–Kier alpha value is -4.66. The number of esters is 2. The average Bonchev–Trinajstić information content (AvgIpc) is 3.36. The highest BCUT2D eigenvalue weighted by atomic mass is 16.5. The van der Waals surface area contributed by atoms with Gasteiger partial charge in [0.15, 0.2) is 6.61 Å². The zero-order valence-electron chi connectivity index (χ0n) is 25.2. The van der Waals surface area contributed by atoms with Gasteiger partial charge in [0.05, 0.1) is 18.1 Å². The first kappa shape index (κ1) is 31.3. The number of carbonyl (C=O) groups is 4. The summed E-state index contributed by atoms with van der Waals surface area (Å²) in [6.45, 7) is 10.1. The lowest BCUT2D eigenvalue weighted by Crippen LogP contribution is -2.28. The number of aryl methyl sites for hydroxylation is 1. The van der Waals surface area contributed by atoms with E-state index in [1.165, 1.54) is 4.90 Å². The van der Waals surface area contributed by atoms with Crippen molar-refractivity contribution in [3.05, 3.63) is 83.4 Å². The summed E-state index contributed by atoms with van der Waals surface area (Å²) in [5.74, 6) is -0.502. The molecule has 43 heavy (non-hydrogen) atoms. The Kier molecular flexibility index (Phi) is 10.2. The fraction of sp³-hybridized carbons (Fsp3) is 0.353. The normalized spacial score (nSPS) is 14.6. The minimum Gasteiger partial charge on any atom is -0.462 e. The molecule has 1 aliphatic rings. The van der Waals surface area contributed by atoms with E-state index in [2.05, 4.69) is 31.3 Å². The van der Waals surface area contributed by atoms with Crippen LogP contribution in [0, 0.1) is 18.8 Å². The van der Waals surface area contributed by atoms with E-state index in [1.54, 1.807) is 48.5 Å². The molecule has 0 saturated carbocycles. The van der Waals surface area contributed by atoms with Crippen molar-refractivity contribution in [1.82, 2.24) is 0 Å². The van der Waals surface area contributed by atoms with E-state index in [0.717, 1.165) is 16.9 Å². The van der Waals surface area contributed by atoms with Crippen molar-refractivity contribution < 1.29 is 33.4 Å². The van der Waals surface area contributed by atoms with E-state index < -0.39 is 30.4 Å². The molecule has 1 heterocycles. The van der Waals surface area contributed by atoms with Crippen LogP contribution in [0.2, 0.25) is 0 Å². The lowest BCUT2D eigenvalue weighted by molar-refractivity contribution is -0.151. The first-order valence-corrected chi connectivity index (χ1v) is 14.4. The van der Waals surface area contributed by atoms with Gasteiger partial charge in [0.2, 0.25) is 5.91 Å². The monoisotopic (exact) mass is 586 g/mol. The minimum absolute atomic E-state index is 0.00584. The van der Waals surface area contributed by atoms with Crippen LogP contribution in [0.3, 0.4) is 0 Å². The molecule has 3 aromatic carbocycles. The lowest BCUT2D eigenvalue weighted by Gasteiger charge is -2.18. The maximum atomic E-state index is 12.7. The molecule has 3 aromatic rings. The standard InChI is InChI=1S/C34H38N2O7/c1-21(2)19-41-33(39)24-7-9-26(10-8-24)35-31(37)20-42-34(40)25-17-32(38)36(18-25)27-11-13-28(14-12-27)43-30-16-23(5)6-15-29(30)22(3)4/h6-16,21-22,25H,17-20H2,1-5H3,(H,35,37)/t25-/m1/s1. The number of anilines is 2. The Labute approximate surface area is 252 Å². The van der Waals surface area contributed by atoms with Gasteiger partial charge in [-0.15, -0.1) is 0 Å². The van der Waals surface area contributed by atoms with E-state index in [9.17, 15) is 19.2 Å². The summed E-state index contributed by atoms with van der Waals surface area (Å²) in [4.78, 5) is 51.3. The van der Waals surface area contributed by atoms with E-state index in [0.29, 0.717) is 35.2 Å². The molecule has 0 aliphatic carbocycles. The third-order valence-corrected chi connectivity index (χ3v) is 6.92. The first-order valence-electron chi connectivity index (χ1n) is 14.4. The quantitative estimate of drug-likeness (QED) is 0.264. The number of benzene rings is 3. The molecular weight excluding hydrogens is 548 g/mol. The smallest absolute Gasteiger partial charge is 0.338 e. The molecule has 1 atom stereocenters. The van der Waals surface area contributed by atoms with Gasteiger partial charge in [-0.3, -0.25) is 14.4 Å². The van der Waals surface area contributed by atoms with Gasteiger partial charge in [0.1, 0.15) is 11.5 Å². The number of hydrogen-bond donors (Lipinski definition) is 1. The molecule has 0 bridgehead atoms. The SMILES string of the molecule is Cc1ccc(C(C)C)c(Oc2ccc(N3C[C@H](C(=O)OCC(=O)Nc4ccc(C(=O)OCC(C)C)cc4)CC3=O)cc2)c1. The highest BCUT2D eigenvalue weighted by Gasteiger charge is 2.36. The second kappa shape index (κ2) is 14.0. The third-order valence-electron chi connectivity index (χ3n) is 6.92. The predicted molar refractivity (Wildman–Crippen MR) is 163 cm³/mol. The molecule has 226 valence electrons. The van der Waals surface area contributed by atoms with Crippen molar-refractivity contribution in [2.45, 2.75) is 47.0 Å². The van der Waals surface area contributed by atoms with Gasteiger partial charge in [-0.2, -0.15) is 0 Å². The number of ether oxygens (including phenoxy) is 3. The van der Waals surface area contributed by atoms with Crippen molar-refractivity contribution >= 4 is 35.1 Å². The Balaban J connectivity index is 1.27. The maximum absolute atomic E-state index is 12.7. The molecule has 0 radical (unpaired) electrons. The molecule has 0 unspecified atom stereocenters. The second-order valence-corrected chi connectivity index (χ2v) is 11.4. The van der Waals surface area contributed by atoms with Crippen LogP contribution < -0.4 is 15.0 Å². The van der Waals surface area contributed by atoms with Crippen molar-refractivity contribution in [1.29, 1.82) is 0 Å². The fourth-order valence-electron chi connectivity index (χ4n) is 4.61. The van der Waals surface area contributed by atoms with Gasteiger partial charge < -0.3 is 24.4 Å². The van der Waals surface area contributed by atoms with Crippen molar-refractivity contribution in [3.63, 3.8) is 0 Å². The largest absolute Gasteiger partial charge is 0.462 e. The van der Waals surface area contributed by atoms with Crippen LogP contribution in [0.25, 0.3) is 0 Å². The highest BCUT2D eigenvalue weighted by molar-refractivity contribution is 6.00. The van der Waals surface area contributed by atoms with Gasteiger partial charge >= 0.3 is 11.9 Å². The zero-order valence-corrected chi connectivity index (χ0v) is 25.2. The summed E-state index contributed by atoms with van der Waals surface area (Å²) < 4.78 is 16.6. The number of rotatable bonds is 11. The molecule has 9 nitrogen and oxygen atoms in total. The van der Waals surface area contributed by atoms with Gasteiger partial charge in [-0.25, -0.2) is 4.79 Å². The summed E-state index contributed by atoms with van der Waals surface area (Å²) in [7, 11) is 0. The van der Waals surface area contributed by atoms with E-state index in [-0.39, 0.29) is 24.8 Å². The van der Waals surface area contributed by atoms with Crippen LogP contribution in [-0.4, -0.2) is 43.5 Å². The molecule has 2 amide bonds. The molecule has 4 rings (SSSR count). The van der Waals surface area contributed by atoms with Gasteiger partial charge in [-0.1, -0.05) is 39.8 Å². The van der Waals surface area contributed by atoms with Crippen molar-refractivity contribution in [3.8, 4) is 11.5 Å². The number of carbonyl (C=O) groups excluding carboxylic acids is 4. The van der Waals surface area contributed by atoms with Crippen molar-refractivity contribution in [2.24, 2.45) is 11.8 Å². The molecular formula is C34H38N2O7. The summed E-state index contributed by atoms with van der Waals surface area (Å²) in [6, 6.07) is 19.5. The van der Waals surface area contributed by atoms with E-state index in [1.807, 2.05) is 26.8 Å². The fourth-order valence-corrected chi connectivity index (χ4v) is 4.61. The molecule has 1 fully saturated rings. The summed E-state index contributed by atoms with van der Waals surface area (Å²) in [5, 5.41) is 2.63. The van der Waals surface area contributed by atoms with Gasteiger partial charge in [0, 0.05) is 24.3 Å². The number of hydrogen-bond acceptors (Lipinski definition) is 7. The minimum atomic E-state index is -0.687. The molecule has 0 spiro atoms. The maximum Gasteiger partial charge on any atom is 0.338 e. The van der Waals surface area contributed by atoms with E-state index >= 15 is 0 Å². The van der Waals surface area contributed by atoms with Crippen LogP contribution in [0.4, 0.5) is 11.4 Å². The van der Waals surface area contributed by atoms with E-state index in [4.69, 9.17) is 14.2 Å². The number of nitrogens with zero attached hydrogens (tertiary/aromatic N) is 1. The van der Waals surface area contributed by atoms with Crippen LogP contribution in [0.15, 0.2) is 66.7 Å². The Morgan fingerprint density at radius 2 is 1.63 bits per heavy atom. The lowest BCUT2D eigenvalue weighted by atomic mass is 10.0. The summed E-state index contributed by atoms with van der Waals surface area (Å²) >= 11 is 0. The number of nitrogens with one attached hydrogen (secondary N) is 1. The van der Waals surface area contributed by atoms with Crippen LogP contribution in [-0.2, 0) is 23.9 Å². The van der Waals surface area contributed by atoms with Crippen LogP contribution in [0.5, 0.6) is 11.5 Å². The predicted octanol–water partition coefficient (Wildman–Crippen LogP) is 6.26. The van der Waals surface area contributed by atoms with Crippen molar-refractivity contribution in [2.75, 3.05) is 30.0 Å². The highest BCUT2D eigenvalue weighted by Crippen LogP contribution is 2.33. The summed E-state index contributed by atoms with van der Waals surface area (Å²) in [6.07, 6.45) is -0.00584. The Morgan fingerprint density at radius 1 is 0.930 bits per heavy atom. The van der Waals surface area contributed by atoms with Gasteiger partial charge in [-0.05, 0) is 84.5 Å². The van der Waals surface area contributed by atoms with Gasteiger partial charge in [0.25, 0.3) is 5.91 Å². The summed E-state index contributed by atoms with van der Waals surface area (Å²) in [5.41, 5.74) is 3.67. The zero-order chi connectivity index (χ0) is 31.1. The topological polar surface area (TPSA) is 111 Å². The van der Waals surface area contributed by atoms with Crippen LogP contribution in [0.1, 0.15) is 61.5 Å². The molecule has 1 aliphatic heterocycles. The molecule has 9 heteroatoms. The average molecular weight is 587 g/mol. The first-order chi connectivity index (χ1) is 20.5. The molecule has 0 aromatic heterocycles. The number of amides is 2. The second-order valence-electron chi connectivity index (χ2n) is 11.4. The third kappa shape index (κ3) is 8.44. The molecule has 1 N–H and O–H groups in total. The Bertz CT molecular complexity index is 1460. The molecule has 1 saturated heterocycles.